The Morgan fingerprint density at radius 3 is 2.29 bits per heavy atom. The molecule has 0 rings (SSSR count). The van der Waals surface area contributed by atoms with Gasteiger partial charge < -0.3 is 5.11 Å². The molecule has 0 aliphatic heterocycles. The number of carboxylic acid groups (broad SMARTS) is 1. The third-order valence-corrected chi connectivity index (χ3v) is 2.49. The van der Waals surface area contributed by atoms with Gasteiger partial charge in [-0.15, -0.1) is 0 Å². The van der Waals surface area contributed by atoms with E-state index in [-0.39, 0.29) is 6.42 Å². The molecule has 3 heteroatoms. The summed E-state index contributed by atoms with van der Waals surface area (Å²) in [5.41, 5.74) is 0. The highest BCUT2D eigenvalue weighted by molar-refractivity contribution is 5.66. The number of carbonyl (C=O) groups is 1. The molecule has 14 heavy (non-hydrogen) atoms. The molecule has 0 bridgehead atoms. The molecule has 0 radical (unpaired) electrons. The third kappa shape index (κ3) is 5.22. The summed E-state index contributed by atoms with van der Waals surface area (Å²) in [4.78, 5) is 12.8. The van der Waals surface area contributed by atoms with Gasteiger partial charge in [0, 0.05) is 18.5 Å². The molecule has 0 aliphatic carbocycles. The summed E-state index contributed by atoms with van der Waals surface area (Å²) < 4.78 is 0. The average Bonchev–Trinajstić information content (AvgIpc) is 2.09. The predicted molar refractivity (Wildman–Crippen MR) is 58.5 cm³/mol. The second kappa shape index (κ2) is 6.82. The van der Waals surface area contributed by atoms with E-state index in [4.69, 9.17) is 5.11 Å². The van der Waals surface area contributed by atoms with E-state index in [1.807, 2.05) is 0 Å². The summed E-state index contributed by atoms with van der Waals surface area (Å²) in [6, 6.07) is 0.866. The zero-order valence-electron chi connectivity index (χ0n) is 9.79. The fraction of sp³-hybridized carbons (Fsp3) is 0.909. The molecule has 0 heterocycles. The van der Waals surface area contributed by atoms with Crippen molar-refractivity contribution >= 4 is 5.97 Å². The largest absolute Gasteiger partial charge is 0.481 e. The van der Waals surface area contributed by atoms with E-state index in [9.17, 15) is 4.79 Å². The number of hydrogen-bond donors (Lipinski definition) is 1. The number of rotatable bonds is 7. The molecular weight excluding hydrogens is 178 g/mol. The molecule has 0 aromatic rings. The molecule has 3 nitrogen and oxygen atoms in total. The van der Waals surface area contributed by atoms with E-state index in [2.05, 4.69) is 32.6 Å². The van der Waals surface area contributed by atoms with Crippen LogP contribution in [-0.4, -0.2) is 34.6 Å². The van der Waals surface area contributed by atoms with Crippen LogP contribution in [-0.2, 0) is 4.79 Å². The molecule has 0 aliphatic rings. The van der Waals surface area contributed by atoms with Crippen LogP contribution in [0.5, 0.6) is 0 Å². The Morgan fingerprint density at radius 1 is 1.36 bits per heavy atom. The van der Waals surface area contributed by atoms with Crippen molar-refractivity contribution in [2.45, 2.75) is 59.0 Å². The van der Waals surface area contributed by atoms with Crippen LogP contribution in [0.1, 0.15) is 47.0 Å². The SMILES string of the molecule is CCCN(C(C)C)C(C)CCC(=O)O. The minimum atomic E-state index is -0.697. The summed E-state index contributed by atoms with van der Waals surface area (Å²) in [6.07, 6.45) is 2.14. The predicted octanol–water partition coefficient (Wildman–Crippen LogP) is 2.36. The highest BCUT2D eigenvalue weighted by Crippen LogP contribution is 2.11. The van der Waals surface area contributed by atoms with E-state index in [1.165, 1.54) is 0 Å². The van der Waals surface area contributed by atoms with Gasteiger partial charge in [-0.2, -0.15) is 0 Å². The maximum absolute atomic E-state index is 10.4. The van der Waals surface area contributed by atoms with Crippen LogP contribution in [0.4, 0.5) is 0 Å². The first-order valence-electron chi connectivity index (χ1n) is 5.46. The first kappa shape index (κ1) is 13.4. The second-order valence-electron chi connectivity index (χ2n) is 4.11. The van der Waals surface area contributed by atoms with E-state index < -0.39 is 5.97 Å². The molecule has 0 aromatic carbocycles. The first-order valence-corrected chi connectivity index (χ1v) is 5.46. The van der Waals surface area contributed by atoms with Crippen molar-refractivity contribution in [2.24, 2.45) is 0 Å². The smallest absolute Gasteiger partial charge is 0.303 e. The van der Waals surface area contributed by atoms with Crippen molar-refractivity contribution in [1.29, 1.82) is 0 Å². The molecule has 0 spiro atoms. The Balaban J connectivity index is 4.00. The first-order chi connectivity index (χ1) is 6.49. The highest BCUT2D eigenvalue weighted by atomic mass is 16.4. The van der Waals surface area contributed by atoms with Crippen molar-refractivity contribution in [3.63, 3.8) is 0 Å². The van der Waals surface area contributed by atoms with Gasteiger partial charge in [-0.1, -0.05) is 6.92 Å². The van der Waals surface area contributed by atoms with Crippen molar-refractivity contribution in [1.82, 2.24) is 4.90 Å². The second-order valence-corrected chi connectivity index (χ2v) is 4.11. The lowest BCUT2D eigenvalue weighted by atomic mass is 10.1. The van der Waals surface area contributed by atoms with Gasteiger partial charge in [0.15, 0.2) is 0 Å². The normalized spacial score (nSPS) is 13.6. The summed E-state index contributed by atoms with van der Waals surface area (Å²) in [5.74, 6) is -0.697. The van der Waals surface area contributed by atoms with Crippen molar-refractivity contribution in [3.05, 3.63) is 0 Å². The highest BCUT2D eigenvalue weighted by Gasteiger charge is 2.16. The van der Waals surface area contributed by atoms with Crippen molar-refractivity contribution < 1.29 is 9.90 Å². The zero-order valence-corrected chi connectivity index (χ0v) is 9.79. The third-order valence-electron chi connectivity index (χ3n) is 2.49. The van der Waals surface area contributed by atoms with Gasteiger partial charge in [0.2, 0.25) is 0 Å². The molecule has 1 N–H and O–H groups in total. The summed E-state index contributed by atoms with van der Waals surface area (Å²) in [6.45, 7) is 9.64. The van der Waals surface area contributed by atoms with E-state index >= 15 is 0 Å². The molecule has 84 valence electrons. The van der Waals surface area contributed by atoms with Crippen LogP contribution >= 0.6 is 0 Å². The fourth-order valence-corrected chi connectivity index (χ4v) is 1.74. The summed E-state index contributed by atoms with van der Waals surface area (Å²) in [5, 5.41) is 8.59. The molecule has 0 saturated heterocycles. The standard InChI is InChI=1S/C11H23NO2/c1-5-8-12(9(2)3)10(4)6-7-11(13)14/h9-10H,5-8H2,1-4H3,(H,13,14). The number of carboxylic acids is 1. The number of nitrogens with zero attached hydrogens (tertiary/aromatic N) is 1. The van der Waals surface area contributed by atoms with Gasteiger partial charge in [-0.05, 0) is 40.2 Å². The average molecular weight is 201 g/mol. The van der Waals surface area contributed by atoms with Crippen LogP contribution in [0, 0.1) is 0 Å². The molecule has 0 amide bonds. The van der Waals surface area contributed by atoms with Gasteiger partial charge in [0.25, 0.3) is 0 Å². The number of aliphatic carboxylic acids is 1. The lowest BCUT2D eigenvalue weighted by molar-refractivity contribution is -0.137. The lowest BCUT2D eigenvalue weighted by Crippen LogP contribution is -2.39. The van der Waals surface area contributed by atoms with E-state index in [0.29, 0.717) is 12.1 Å². The maximum atomic E-state index is 10.4. The Bertz CT molecular complexity index is 169. The van der Waals surface area contributed by atoms with Crippen LogP contribution in [0.25, 0.3) is 0 Å². The minimum absolute atomic E-state index is 0.272. The van der Waals surface area contributed by atoms with E-state index in [1.54, 1.807) is 0 Å². The number of hydrogen-bond acceptors (Lipinski definition) is 2. The Hall–Kier alpha value is -0.570. The summed E-state index contributed by atoms with van der Waals surface area (Å²) in [7, 11) is 0. The molecule has 0 saturated carbocycles. The Labute approximate surface area is 87.1 Å². The van der Waals surface area contributed by atoms with Gasteiger partial charge in [0.05, 0.1) is 0 Å². The molecule has 0 fully saturated rings. The topological polar surface area (TPSA) is 40.5 Å². The molecule has 1 atom stereocenters. The van der Waals surface area contributed by atoms with Crippen LogP contribution in [0.2, 0.25) is 0 Å². The molecule has 0 aromatic heterocycles. The molecular formula is C11H23NO2. The van der Waals surface area contributed by atoms with Crippen molar-refractivity contribution in [2.75, 3.05) is 6.54 Å². The Kier molecular flexibility index (Phi) is 6.54. The molecule has 1 unspecified atom stereocenters. The minimum Gasteiger partial charge on any atom is -0.481 e. The van der Waals surface area contributed by atoms with Crippen LogP contribution < -0.4 is 0 Å². The fourth-order valence-electron chi connectivity index (χ4n) is 1.74. The monoisotopic (exact) mass is 201 g/mol. The zero-order chi connectivity index (χ0) is 11.1. The van der Waals surface area contributed by atoms with Gasteiger partial charge in [-0.3, -0.25) is 9.69 Å². The quantitative estimate of drug-likeness (QED) is 0.687. The maximum Gasteiger partial charge on any atom is 0.303 e. The van der Waals surface area contributed by atoms with Crippen molar-refractivity contribution in [3.8, 4) is 0 Å². The Morgan fingerprint density at radius 2 is 1.93 bits per heavy atom. The van der Waals surface area contributed by atoms with Crippen LogP contribution in [0.3, 0.4) is 0 Å². The van der Waals surface area contributed by atoms with Gasteiger partial charge in [-0.25, -0.2) is 0 Å². The summed E-state index contributed by atoms with van der Waals surface area (Å²) >= 11 is 0. The lowest BCUT2D eigenvalue weighted by Gasteiger charge is -2.32. The van der Waals surface area contributed by atoms with E-state index in [0.717, 1.165) is 19.4 Å². The van der Waals surface area contributed by atoms with Gasteiger partial charge >= 0.3 is 5.97 Å². The van der Waals surface area contributed by atoms with Crippen LogP contribution in [0.15, 0.2) is 0 Å². The van der Waals surface area contributed by atoms with Gasteiger partial charge in [0.1, 0.15) is 0 Å².